The van der Waals surface area contributed by atoms with Gasteiger partial charge < -0.3 is 27.9 Å². The van der Waals surface area contributed by atoms with Crippen molar-refractivity contribution in [3.05, 3.63) is 47.0 Å². The first-order valence-electron chi connectivity index (χ1n) is 15.4. The number of hydrogen-bond donors (Lipinski definition) is 3. The number of halogens is 1. The van der Waals surface area contributed by atoms with Crippen LogP contribution in [0.25, 0.3) is 0 Å². The third-order valence-electron chi connectivity index (χ3n) is 11.6. The average Bonchev–Trinajstić information content (AvgIpc) is 3.23. The summed E-state index contributed by atoms with van der Waals surface area (Å²) in [5, 5.41) is 23.1. The summed E-state index contributed by atoms with van der Waals surface area (Å²) in [6.45, 7) is 12.9. The van der Waals surface area contributed by atoms with Gasteiger partial charge in [0.15, 0.2) is 0 Å². The normalized spacial score (nSPS) is 36.6. The van der Waals surface area contributed by atoms with Gasteiger partial charge in [0.1, 0.15) is 18.4 Å². The first kappa shape index (κ1) is 30.8. The van der Waals surface area contributed by atoms with Crippen molar-refractivity contribution >= 4 is 5.78 Å². The molecular formula is C34H52ClNO3. The first-order chi connectivity index (χ1) is 17.9. The summed E-state index contributed by atoms with van der Waals surface area (Å²) in [5.41, 5.74) is 4.26. The smallest absolute Gasteiger partial charge is 0.142 e. The summed E-state index contributed by atoms with van der Waals surface area (Å²) < 4.78 is 0. The standard InChI is InChI=1S/C34H51NO3.ClH/c1-32(2,3)23-8-6-22(7-9-23)31(38)21-35-19-16-30(37)29-13-12-27-26-11-10-24-20-25(36)14-17-33(24,4)28(26)15-18-34(27,29)5;/h6-10,25-29,31,35-36,38H,11-21H2,1-5H3;1H. The Hall–Kier alpha value is -1.20. The Labute approximate surface area is 242 Å². The molecule has 0 radical (unpaired) electrons. The van der Waals surface area contributed by atoms with Gasteiger partial charge in [0, 0.05) is 5.92 Å². The van der Waals surface area contributed by atoms with E-state index in [0.717, 1.165) is 44.2 Å². The number of carbonyl (C=O) groups is 1. The lowest BCUT2D eigenvalue weighted by Gasteiger charge is -2.58. The van der Waals surface area contributed by atoms with Crippen LogP contribution >= 0.6 is 0 Å². The number of ketones is 1. The number of aliphatic hydroxyl groups excluding tert-OH is 2. The Bertz CT molecular complexity index is 1050. The maximum absolute atomic E-state index is 13.5. The molecule has 3 fully saturated rings. The van der Waals surface area contributed by atoms with Crippen LogP contribution in [0.5, 0.6) is 0 Å². The van der Waals surface area contributed by atoms with Crippen molar-refractivity contribution in [2.45, 2.75) is 110 Å². The maximum Gasteiger partial charge on any atom is 0.142 e. The van der Waals surface area contributed by atoms with Crippen molar-refractivity contribution < 1.29 is 32.7 Å². The van der Waals surface area contributed by atoms with Crippen LogP contribution in [0.4, 0.5) is 0 Å². The summed E-state index contributed by atoms with van der Waals surface area (Å²) in [6, 6.07) is 8.32. The van der Waals surface area contributed by atoms with E-state index >= 15 is 0 Å². The van der Waals surface area contributed by atoms with E-state index in [1.807, 2.05) is 12.1 Å². The molecule has 5 heteroatoms. The molecule has 8 unspecified atom stereocenters. The lowest BCUT2D eigenvalue weighted by atomic mass is 9.47. The van der Waals surface area contributed by atoms with E-state index in [1.54, 1.807) is 0 Å². The van der Waals surface area contributed by atoms with Crippen molar-refractivity contribution in [3.8, 4) is 0 Å². The molecule has 0 heterocycles. The van der Waals surface area contributed by atoms with Gasteiger partial charge >= 0.3 is 0 Å². The Balaban J connectivity index is 0.00000353. The zero-order valence-electron chi connectivity index (χ0n) is 24.9. The largest absolute Gasteiger partial charge is 1.00 e. The highest BCUT2D eigenvalue weighted by Gasteiger charge is 2.59. The van der Waals surface area contributed by atoms with Crippen molar-refractivity contribution in [3.63, 3.8) is 0 Å². The van der Waals surface area contributed by atoms with Gasteiger partial charge in [0.2, 0.25) is 0 Å². The molecule has 4 aliphatic carbocycles. The van der Waals surface area contributed by atoms with Gasteiger partial charge in [-0.05, 0) is 96.5 Å². The molecule has 1 aromatic carbocycles. The first-order valence-corrected chi connectivity index (χ1v) is 15.4. The highest BCUT2D eigenvalue weighted by molar-refractivity contribution is 5.82. The van der Waals surface area contributed by atoms with Gasteiger partial charge in [-0.2, -0.15) is 0 Å². The second-order valence-electron chi connectivity index (χ2n) is 14.7. The molecule has 39 heavy (non-hydrogen) atoms. The van der Waals surface area contributed by atoms with E-state index in [4.69, 9.17) is 0 Å². The fraction of sp³-hybridized carbons (Fsp3) is 0.735. The lowest BCUT2D eigenvalue weighted by Crippen LogP contribution is -3.00. The number of Topliss-reactive ketones (excluding diaryl/α,β-unsaturated/α-hetero) is 1. The molecule has 0 aliphatic heterocycles. The minimum atomic E-state index is -0.505. The van der Waals surface area contributed by atoms with Crippen LogP contribution < -0.4 is 17.7 Å². The molecule has 0 amide bonds. The number of allylic oxidation sites excluding steroid dienone is 1. The van der Waals surface area contributed by atoms with Gasteiger partial charge in [-0.25, -0.2) is 0 Å². The number of carbonyl (C=O) groups excluding carboxylic acids is 1. The van der Waals surface area contributed by atoms with Gasteiger partial charge in [0.25, 0.3) is 0 Å². The highest BCUT2D eigenvalue weighted by Crippen LogP contribution is 2.66. The summed E-state index contributed by atoms with van der Waals surface area (Å²) in [6.07, 6.45) is 11.2. The summed E-state index contributed by atoms with van der Waals surface area (Å²) in [4.78, 5) is 13.5. The second kappa shape index (κ2) is 11.6. The van der Waals surface area contributed by atoms with E-state index in [2.05, 4.69) is 58.1 Å². The van der Waals surface area contributed by atoms with Crippen LogP contribution in [-0.2, 0) is 10.2 Å². The van der Waals surface area contributed by atoms with Gasteiger partial charge in [-0.1, -0.05) is 70.5 Å². The predicted molar refractivity (Wildman–Crippen MR) is 153 cm³/mol. The van der Waals surface area contributed by atoms with Crippen molar-refractivity contribution in [2.24, 2.45) is 34.5 Å². The number of benzene rings is 1. The van der Waals surface area contributed by atoms with E-state index in [1.165, 1.54) is 30.4 Å². The van der Waals surface area contributed by atoms with Gasteiger partial charge in [-0.15, -0.1) is 0 Å². The third kappa shape index (κ3) is 5.78. The molecule has 0 saturated heterocycles. The number of aliphatic hydroxyl groups is 2. The monoisotopic (exact) mass is 557 g/mol. The quantitative estimate of drug-likeness (QED) is 0.356. The zero-order valence-corrected chi connectivity index (χ0v) is 25.6. The minimum absolute atomic E-state index is 0. The van der Waals surface area contributed by atoms with Crippen LogP contribution in [0.15, 0.2) is 35.9 Å². The Morgan fingerprint density at radius 1 is 1.05 bits per heavy atom. The summed E-state index contributed by atoms with van der Waals surface area (Å²) in [7, 11) is 0. The average molecular weight is 558 g/mol. The fourth-order valence-corrected chi connectivity index (χ4v) is 9.21. The lowest BCUT2D eigenvalue weighted by molar-refractivity contribution is -0.660. The summed E-state index contributed by atoms with van der Waals surface area (Å²) in [5.74, 6) is 2.71. The van der Waals surface area contributed by atoms with Crippen LogP contribution in [0, 0.1) is 34.5 Å². The van der Waals surface area contributed by atoms with Crippen LogP contribution in [0.2, 0.25) is 0 Å². The number of fused-ring (bicyclic) bond motifs is 5. The Morgan fingerprint density at radius 2 is 1.77 bits per heavy atom. The molecule has 3 saturated carbocycles. The van der Waals surface area contributed by atoms with E-state index in [9.17, 15) is 15.0 Å². The number of nitrogens with two attached hydrogens (primary N) is 1. The van der Waals surface area contributed by atoms with Gasteiger partial charge in [-0.3, -0.25) is 4.79 Å². The summed E-state index contributed by atoms with van der Waals surface area (Å²) >= 11 is 0. The Morgan fingerprint density at radius 3 is 2.46 bits per heavy atom. The fourth-order valence-electron chi connectivity index (χ4n) is 9.21. The van der Waals surface area contributed by atoms with Crippen molar-refractivity contribution in [2.75, 3.05) is 13.1 Å². The topological polar surface area (TPSA) is 74.1 Å². The molecule has 8 atom stereocenters. The van der Waals surface area contributed by atoms with Crippen LogP contribution in [-0.4, -0.2) is 35.2 Å². The third-order valence-corrected chi connectivity index (χ3v) is 11.6. The number of rotatable bonds is 7. The van der Waals surface area contributed by atoms with Crippen molar-refractivity contribution in [1.29, 1.82) is 0 Å². The molecular weight excluding hydrogens is 506 g/mol. The van der Waals surface area contributed by atoms with Crippen molar-refractivity contribution in [1.82, 2.24) is 0 Å². The molecule has 0 spiro atoms. The molecule has 0 bridgehead atoms. The molecule has 4 aliphatic rings. The second-order valence-corrected chi connectivity index (χ2v) is 14.7. The SMILES string of the molecule is CC(C)(C)c1ccc(C(O)C[NH2+]CCC(=O)C2CCC3C4CC=C5CC(O)CCC5(C)C4CCC23C)cc1.[Cl-]. The number of quaternary nitrogens is 1. The predicted octanol–water partition coefficient (Wildman–Crippen LogP) is 2.48. The molecule has 4 nitrogen and oxygen atoms in total. The van der Waals surface area contributed by atoms with Crippen LogP contribution in [0.3, 0.4) is 0 Å². The van der Waals surface area contributed by atoms with E-state index in [0.29, 0.717) is 36.5 Å². The minimum Gasteiger partial charge on any atom is -1.00 e. The highest BCUT2D eigenvalue weighted by atomic mass is 35.5. The molecule has 1 aromatic rings. The van der Waals surface area contributed by atoms with Crippen LogP contribution in [0.1, 0.15) is 110 Å². The molecule has 0 aromatic heterocycles. The van der Waals surface area contributed by atoms with E-state index < -0.39 is 6.10 Å². The molecule has 4 N–H and O–H groups in total. The van der Waals surface area contributed by atoms with E-state index in [-0.39, 0.29) is 40.7 Å². The molecule has 218 valence electrons. The maximum atomic E-state index is 13.5. The number of hydrogen-bond acceptors (Lipinski definition) is 3. The Kier molecular flexibility index (Phi) is 9.14. The zero-order chi connectivity index (χ0) is 27.3. The molecule has 5 rings (SSSR count). The van der Waals surface area contributed by atoms with Gasteiger partial charge in [0.05, 0.1) is 19.1 Å².